The number of carbonyl (C=O) groups excluding carboxylic acids is 1. The Hall–Kier alpha value is -2.11. The Morgan fingerprint density at radius 2 is 0.953 bits per heavy atom. The Labute approximate surface area is 392 Å². The van der Waals surface area contributed by atoms with Gasteiger partial charge in [-0.15, -0.1) is 0 Å². The third-order valence-electron chi connectivity index (χ3n) is 11.9. The van der Waals surface area contributed by atoms with Gasteiger partial charge < -0.3 is 39.4 Å². The summed E-state index contributed by atoms with van der Waals surface area (Å²) in [5.74, 6) is -0.323. The van der Waals surface area contributed by atoms with Crippen molar-refractivity contribution < 1.29 is 44.2 Å². The van der Waals surface area contributed by atoms with Crippen LogP contribution in [0.1, 0.15) is 219 Å². The summed E-state index contributed by atoms with van der Waals surface area (Å²) in [6, 6.07) is 0. The third kappa shape index (κ3) is 36.1. The van der Waals surface area contributed by atoms with E-state index in [9.17, 15) is 25.2 Å². The zero-order valence-corrected chi connectivity index (χ0v) is 41.0. The molecule has 0 amide bonds. The van der Waals surface area contributed by atoms with Gasteiger partial charge in [-0.25, -0.2) is 0 Å². The van der Waals surface area contributed by atoms with E-state index < -0.39 is 43.4 Å². The van der Waals surface area contributed by atoms with Gasteiger partial charge in [-0.2, -0.15) is 0 Å². The number of unbranched alkanes of at least 4 members (excludes halogenated alkanes) is 24. The minimum Gasteiger partial charge on any atom is -0.457 e. The van der Waals surface area contributed by atoms with Gasteiger partial charge in [-0.05, 0) is 57.8 Å². The summed E-state index contributed by atoms with van der Waals surface area (Å²) < 4.78 is 22.9. The molecule has 4 N–H and O–H groups in total. The molecule has 9 nitrogen and oxygen atoms in total. The van der Waals surface area contributed by atoms with E-state index in [0.29, 0.717) is 13.0 Å². The number of carbonyl (C=O) groups is 1. The Morgan fingerprint density at radius 3 is 1.44 bits per heavy atom. The van der Waals surface area contributed by atoms with Crippen molar-refractivity contribution in [2.75, 3.05) is 26.4 Å². The molecule has 1 aliphatic heterocycles. The van der Waals surface area contributed by atoms with Crippen LogP contribution in [-0.4, -0.2) is 89.6 Å². The molecule has 0 aromatic carbocycles. The zero-order chi connectivity index (χ0) is 46.4. The Kier molecular flexibility index (Phi) is 43.1. The van der Waals surface area contributed by atoms with E-state index in [4.69, 9.17) is 18.9 Å². The highest BCUT2D eigenvalue weighted by molar-refractivity contribution is 5.69. The molecule has 6 unspecified atom stereocenters. The summed E-state index contributed by atoms with van der Waals surface area (Å²) in [6.07, 6.45) is 52.5. The topological polar surface area (TPSA) is 135 Å². The Bertz CT molecular complexity index is 1160. The van der Waals surface area contributed by atoms with Gasteiger partial charge in [0, 0.05) is 13.0 Å². The predicted molar refractivity (Wildman–Crippen MR) is 265 cm³/mol. The molecular weight excluding hydrogens is 805 g/mol. The second-order valence-electron chi connectivity index (χ2n) is 17.9. The molecule has 6 atom stereocenters. The second-order valence-corrected chi connectivity index (χ2v) is 17.9. The molecule has 64 heavy (non-hydrogen) atoms. The first-order valence-electron chi connectivity index (χ1n) is 26.4. The molecule has 0 aromatic rings. The van der Waals surface area contributed by atoms with Crippen LogP contribution < -0.4 is 0 Å². The van der Waals surface area contributed by atoms with E-state index in [-0.39, 0.29) is 19.2 Å². The van der Waals surface area contributed by atoms with Crippen LogP contribution in [0.3, 0.4) is 0 Å². The summed E-state index contributed by atoms with van der Waals surface area (Å²) in [5.41, 5.74) is 0. The van der Waals surface area contributed by atoms with Crippen molar-refractivity contribution in [3.63, 3.8) is 0 Å². The zero-order valence-electron chi connectivity index (χ0n) is 41.0. The quantitative estimate of drug-likeness (QED) is 0.0268. The summed E-state index contributed by atoms with van der Waals surface area (Å²) in [5, 5.41) is 40.3. The van der Waals surface area contributed by atoms with E-state index in [2.05, 4.69) is 74.6 Å². The molecule has 0 spiro atoms. The highest BCUT2D eigenvalue weighted by Crippen LogP contribution is 2.23. The van der Waals surface area contributed by atoms with Gasteiger partial charge in [0.15, 0.2) is 6.29 Å². The monoisotopic (exact) mass is 903 g/mol. The standard InChI is InChI=1S/C55H98O9/c1-3-5-7-9-11-13-15-17-19-21-23-24-25-26-27-28-30-32-34-36-38-40-42-44-51(57)63-49(48-62-55-54(60)53(59)52(58)50(46-56)64-55)47-61-45-43-41-39-37-35-33-31-29-22-20-18-16-14-12-10-8-6-4-2/h5,7,11,13,17,19,23-24,26-27,49-50,52-56,58-60H,3-4,6,8-10,12,14-16,18,20-22,25,28-48H2,1-2H3/b7-5-,13-11-,19-17-,24-23-,27-26-. The average molecular weight is 903 g/mol. The van der Waals surface area contributed by atoms with Gasteiger partial charge in [-0.1, -0.05) is 216 Å². The van der Waals surface area contributed by atoms with E-state index in [0.717, 1.165) is 77.0 Å². The van der Waals surface area contributed by atoms with Gasteiger partial charge >= 0.3 is 5.97 Å². The number of hydrogen-bond donors (Lipinski definition) is 4. The molecule has 0 aliphatic carbocycles. The van der Waals surface area contributed by atoms with Gasteiger partial charge in [0.2, 0.25) is 0 Å². The fourth-order valence-electron chi connectivity index (χ4n) is 7.87. The van der Waals surface area contributed by atoms with Gasteiger partial charge in [-0.3, -0.25) is 4.79 Å². The first-order chi connectivity index (χ1) is 31.4. The molecule has 0 aromatic heterocycles. The summed E-state index contributed by atoms with van der Waals surface area (Å²) >= 11 is 0. The van der Waals surface area contributed by atoms with Crippen LogP contribution in [0.25, 0.3) is 0 Å². The van der Waals surface area contributed by atoms with E-state index >= 15 is 0 Å². The molecule has 9 heteroatoms. The number of allylic oxidation sites excluding steroid dienone is 10. The molecular formula is C55H98O9. The van der Waals surface area contributed by atoms with Gasteiger partial charge in [0.05, 0.1) is 19.8 Å². The second kappa shape index (κ2) is 46.0. The third-order valence-corrected chi connectivity index (χ3v) is 11.9. The molecule has 1 fully saturated rings. The fraction of sp³-hybridized carbons (Fsp3) is 0.800. The smallest absolute Gasteiger partial charge is 0.306 e. The average Bonchev–Trinajstić information content (AvgIpc) is 3.30. The number of rotatable bonds is 45. The van der Waals surface area contributed by atoms with Crippen LogP contribution in [-0.2, 0) is 23.7 Å². The van der Waals surface area contributed by atoms with Gasteiger partial charge in [0.25, 0.3) is 0 Å². The molecule has 372 valence electrons. The van der Waals surface area contributed by atoms with Crippen LogP contribution in [0.2, 0.25) is 0 Å². The lowest BCUT2D eigenvalue weighted by molar-refractivity contribution is -0.305. The minimum atomic E-state index is -1.54. The maximum atomic E-state index is 12.9. The lowest BCUT2D eigenvalue weighted by Crippen LogP contribution is -2.59. The van der Waals surface area contributed by atoms with Crippen LogP contribution >= 0.6 is 0 Å². The van der Waals surface area contributed by atoms with Crippen molar-refractivity contribution in [1.29, 1.82) is 0 Å². The number of hydrogen-bond acceptors (Lipinski definition) is 9. The Balaban J connectivity index is 2.21. The lowest BCUT2D eigenvalue weighted by atomic mass is 9.99. The van der Waals surface area contributed by atoms with Crippen molar-refractivity contribution in [2.24, 2.45) is 0 Å². The highest BCUT2D eigenvalue weighted by Gasteiger charge is 2.44. The maximum Gasteiger partial charge on any atom is 0.306 e. The van der Waals surface area contributed by atoms with Crippen LogP contribution in [0.15, 0.2) is 60.8 Å². The predicted octanol–water partition coefficient (Wildman–Crippen LogP) is 13.0. The maximum absolute atomic E-state index is 12.9. The molecule has 0 saturated carbocycles. The number of ether oxygens (including phenoxy) is 4. The van der Waals surface area contributed by atoms with Crippen molar-refractivity contribution in [2.45, 2.75) is 256 Å². The van der Waals surface area contributed by atoms with Crippen LogP contribution in [0.4, 0.5) is 0 Å². The molecule has 1 saturated heterocycles. The molecule has 1 aliphatic rings. The summed E-state index contributed by atoms with van der Waals surface area (Å²) in [6.45, 7) is 4.46. The van der Waals surface area contributed by atoms with Crippen molar-refractivity contribution in [1.82, 2.24) is 0 Å². The normalized spacial score (nSPS) is 20.0. The largest absolute Gasteiger partial charge is 0.457 e. The Morgan fingerprint density at radius 1 is 0.516 bits per heavy atom. The fourth-order valence-corrected chi connectivity index (χ4v) is 7.87. The SMILES string of the molecule is CC/C=C\C/C=C\C/C=C\C/C=C\C/C=C\CCCCCCCCCC(=O)OC(COCCCCCCCCCCCCCCCCCCCC)COC1OC(CO)C(O)C(O)C1O. The first kappa shape index (κ1) is 59.9. The van der Waals surface area contributed by atoms with E-state index in [1.165, 1.54) is 122 Å². The first-order valence-corrected chi connectivity index (χ1v) is 26.4. The number of esters is 1. The number of aliphatic hydroxyl groups excluding tert-OH is 4. The van der Waals surface area contributed by atoms with Crippen molar-refractivity contribution in [3.05, 3.63) is 60.8 Å². The summed E-state index contributed by atoms with van der Waals surface area (Å²) in [7, 11) is 0. The van der Waals surface area contributed by atoms with E-state index in [1.807, 2.05) is 0 Å². The molecule has 1 rings (SSSR count). The molecule has 0 bridgehead atoms. The highest BCUT2D eigenvalue weighted by atomic mass is 16.7. The van der Waals surface area contributed by atoms with Crippen molar-refractivity contribution in [3.8, 4) is 0 Å². The molecule has 1 heterocycles. The summed E-state index contributed by atoms with van der Waals surface area (Å²) in [4.78, 5) is 12.9. The van der Waals surface area contributed by atoms with E-state index in [1.54, 1.807) is 0 Å². The van der Waals surface area contributed by atoms with Crippen LogP contribution in [0, 0.1) is 0 Å². The number of aliphatic hydroxyl groups is 4. The van der Waals surface area contributed by atoms with Gasteiger partial charge in [0.1, 0.15) is 30.5 Å². The lowest BCUT2D eigenvalue weighted by Gasteiger charge is -2.39. The van der Waals surface area contributed by atoms with Crippen LogP contribution in [0.5, 0.6) is 0 Å². The minimum absolute atomic E-state index is 0.118. The molecule has 0 radical (unpaired) electrons. The van der Waals surface area contributed by atoms with Crippen molar-refractivity contribution >= 4 is 5.97 Å².